The number of sulfonamides is 1. The van der Waals surface area contributed by atoms with Gasteiger partial charge in [0.15, 0.2) is 0 Å². The average molecular weight is 539 g/mol. The van der Waals surface area contributed by atoms with Gasteiger partial charge in [0.2, 0.25) is 5.91 Å². The molecule has 1 amide bonds. The van der Waals surface area contributed by atoms with Gasteiger partial charge in [0.25, 0.3) is 10.0 Å². The molecule has 0 heterocycles. The molecular formula is C28H24Cl2N2O3S. The van der Waals surface area contributed by atoms with Crippen LogP contribution in [0, 0.1) is 6.92 Å². The summed E-state index contributed by atoms with van der Waals surface area (Å²) in [6.45, 7) is 1.54. The van der Waals surface area contributed by atoms with E-state index in [-0.39, 0.29) is 20.6 Å². The Bertz CT molecular complexity index is 1450. The van der Waals surface area contributed by atoms with Gasteiger partial charge in [-0.1, -0.05) is 102 Å². The summed E-state index contributed by atoms with van der Waals surface area (Å²) in [5.41, 5.74) is 3.08. The van der Waals surface area contributed by atoms with Gasteiger partial charge in [-0.05, 0) is 48.4 Å². The Labute approximate surface area is 221 Å². The zero-order valence-electron chi connectivity index (χ0n) is 19.4. The predicted molar refractivity (Wildman–Crippen MR) is 145 cm³/mol. The lowest BCUT2D eigenvalue weighted by Crippen LogP contribution is -2.42. The molecule has 0 fully saturated rings. The summed E-state index contributed by atoms with van der Waals surface area (Å²) in [4.78, 5) is 13.5. The number of benzene rings is 4. The lowest BCUT2D eigenvalue weighted by molar-refractivity contribution is -0.120. The smallest absolute Gasteiger partial charge is 0.264 e. The van der Waals surface area contributed by atoms with Crippen molar-refractivity contribution in [1.29, 1.82) is 0 Å². The molecule has 1 N–H and O–H groups in total. The summed E-state index contributed by atoms with van der Waals surface area (Å²) >= 11 is 12.3. The molecule has 0 radical (unpaired) electrons. The van der Waals surface area contributed by atoms with E-state index in [4.69, 9.17) is 23.2 Å². The maximum Gasteiger partial charge on any atom is 0.264 e. The number of nitrogens with one attached hydrogen (secondary N) is 1. The summed E-state index contributed by atoms with van der Waals surface area (Å²) in [6, 6.07) is 29.3. The van der Waals surface area contributed by atoms with Crippen LogP contribution in [0.1, 0.15) is 22.7 Å². The molecule has 0 aliphatic carbocycles. The predicted octanol–water partition coefficient (Wildman–Crippen LogP) is 6.40. The highest BCUT2D eigenvalue weighted by molar-refractivity contribution is 7.92. The molecule has 0 saturated heterocycles. The number of aryl methyl sites for hydroxylation is 1. The van der Waals surface area contributed by atoms with E-state index in [9.17, 15) is 13.2 Å². The third-order valence-corrected chi connectivity index (χ3v) is 8.19. The molecule has 4 aromatic rings. The van der Waals surface area contributed by atoms with Crippen molar-refractivity contribution in [3.05, 3.63) is 130 Å². The first-order valence-corrected chi connectivity index (χ1v) is 13.4. The summed E-state index contributed by atoms with van der Waals surface area (Å²) in [6.07, 6.45) is 0. The van der Waals surface area contributed by atoms with E-state index in [0.717, 1.165) is 21.0 Å². The number of hydrogen-bond acceptors (Lipinski definition) is 3. The van der Waals surface area contributed by atoms with Gasteiger partial charge in [0.1, 0.15) is 6.54 Å². The second-order valence-electron chi connectivity index (χ2n) is 8.25. The molecule has 0 aromatic heterocycles. The van der Waals surface area contributed by atoms with Gasteiger partial charge in [0, 0.05) is 0 Å². The van der Waals surface area contributed by atoms with Crippen LogP contribution in [0.5, 0.6) is 0 Å². The minimum absolute atomic E-state index is 0.0574. The summed E-state index contributed by atoms with van der Waals surface area (Å²) in [5, 5.41) is 3.48. The van der Waals surface area contributed by atoms with Crippen LogP contribution >= 0.6 is 23.2 Å². The van der Waals surface area contributed by atoms with Gasteiger partial charge >= 0.3 is 0 Å². The van der Waals surface area contributed by atoms with Gasteiger partial charge in [-0.25, -0.2) is 8.42 Å². The summed E-state index contributed by atoms with van der Waals surface area (Å²) < 4.78 is 28.2. The highest BCUT2D eigenvalue weighted by Crippen LogP contribution is 2.31. The second-order valence-corrected chi connectivity index (χ2v) is 10.9. The minimum atomic E-state index is -4.08. The molecule has 4 aromatic carbocycles. The number of carbonyl (C=O) groups is 1. The normalized spacial score (nSPS) is 12.1. The quantitative estimate of drug-likeness (QED) is 0.282. The van der Waals surface area contributed by atoms with Crippen molar-refractivity contribution >= 4 is 44.8 Å². The van der Waals surface area contributed by atoms with E-state index in [2.05, 4.69) is 5.32 Å². The van der Waals surface area contributed by atoms with Crippen molar-refractivity contribution in [3.63, 3.8) is 0 Å². The summed E-state index contributed by atoms with van der Waals surface area (Å²) in [5.74, 6) is -0.477. The molecule has 8 heteroatoms. The van der Waals surface area contributed by atoms with Crippen molar-refractivity contribution in [2.24, 2.45) is 0 Å². The molecule has 5 nitrogen and oxygen atoms in total. The van der Waals surface area contributed by atoms with E-state index >= 15 is 0 Å². The van der Waals surface area contributed by atoms with Crippen LogP contribution in [0.4, 0.5) is 5.69 Å². The van der Waals surface area contributed by atoms with Gasteiger partial charge in [-0.2, -0.15) is 0 Å². The van der Waals surface area contributed by atoms with Crippen LogP contribution in [-0.4, -0.2) is 20.9 Å². The van der Waals surface area contributed by atoms with Crippen molar-refractivity contribution in [2.45, 2.75) is 17.9 Å². The molecule has 0 aliphatic rings. The SMILES string of the molecule is Cc1ccc(C(NC(=O)CN(c2ccc(Cl)c(Cl)c2)S(=O)(=O)c2ccccc2)c2ccccc2)cc1. The molecule has 4 rings (SSSR count). The molecule has 0 aliphatic heterocycles. The molecule has 0 spiro atoms. The van der Waals surface area contributed by atoms with Crippen molar-refractivity contribution in [1.82, 2.24) is 5.32 Å². The van der Waals surface area contributed by atoms with Crippen LogP contribution in [0.2, 0.25) is 10.0 Å². The first-order valence-electron chi connectivity index (χ1n) is 11.2. The summed E-state index contributed by atoms with van der Waals surface area (Å²) in [7, 11) is -4.08. The van der Waals surface area contributed by atoms with E-state index in [1.807, 2.05) is 61.5 Å². The maximum absolute atomic E-state index is 13.6. The van der Waals surface area contributed by atoms with Gasteiger partial charge in [-0.3, -0.25) is 9.10 Å². The Morgan fingerprint density at radius 2 is 1.39 bits per heavy atom. The number of carbonyl (C=O) groups excluding carboxylic acids is 1. The Hall–Kier alpha value is -3.32. The average Bonchev–Trinajstić information content (AvgIpc) is 2.89. The highest BCUT2D eigenvalue weighted by Gasteiger charge is 2.29. The van der Waals surface area contributed by atoms with Crippen LogP contribution in [-0.2, 0) is 14.8 Å². The Morgan fingerprint density at radius 1 is 0.806 bits per heavy atom. The fourth-order valence-corrected chi connectivity index (χ4v) is 5.50. The van der Waals surface area contributed by atoms with Crippen molar-refractivity contribution in [3.8, 4) is 0 Å². The molecule has 1 atom stereocenters. The molecule has 36 heavy (non-hydrogen) atoms. The van der Waals surface area contributed by atoms with Crippen molar-refractivity contribution in [2.75, 3.05) is 10.8 Å². The number of rotatable bonds is 8. The van der Waals surface area contributed by atoms with Crippen LogP contribution < -0.4 is 9.62 Å². The number of amides is 1. The van der Waals surface area contributed by atoms with Crippen LogP contribution in [0.15, 0.2) is 108 Å². The third-order valence-electron chi connectivity index (χ3n) is 5.66. The van der Waals surface area contributed by atoms with E-state index in [1.165, 1.54) is 30.3 Å². The number of nitrogens with zero attached hydrogens (tertiary/aromatic N) is 1. The standard InChI is InChI=1S/C28H24Cl2N2O3S/c1-20-12-14-22(15-13-20)28(21-8-4-2-5-9-21)31-27(33)19-32(23-16-17-25(29)26(30)18-23)36(34,35)24-10-6-3-7-11-24/h2-18,28H,19H2,1H3,(H,31,33). The number of hydrogen-bond donors (Lipinski definition) is 1. The zero-order valence-corrected chi connectivity index (χ0v) is 21.8. The van der Waals surface area contributed by atoms with Crippen LogP contribution in [0.3, 0.4) is 0 Å². The first-order chi connectivity index (χ1) is 17.3. The highest BCUT2D eigenvalue weighted by atomic mass is 35.5. The fraction of sp³-hybridized carbons (Fsp3) is 0.107. The van der Waals surface area contributed by atoms with E-state index in [1.54, 1.807) is 18.2 Å². The Morgan fingerprint density at radius 3 is 2.00 bits per heavy atom. The monoisotopic (exact) mass is 538 g/mol. The molecule has 0 bridgehead atoms. The second kappa shape index (κ2) is 11.2. The Kier molecular flexibility index (Phi) is 7.99. The fourth-order valence-electron chi connectivity index (χ4n) is 3.78. The number of anilines is 1. The van der Waals surface area contributed by atoms with Gasteiger partial charge < -0.3 is 5.32 Å². The topological polar surface area (TPSA) is 66.5 Å². The van der Waals surface area contributed by atoms with E-state index < -0.39 is 28.5 Å². The lowest BCUT2D eigenvalue weighted by atomic mass is 9.98. The Balaban J connectivity index is 1.69. The largest absolute Gasteiger partial charge is 0.344 e. The lowest BCUT2D eigenvalue weighted by Gasteiger charge is -2.26. The molecule has 1 unspecified atom stereocenters. The maximum atomic E-state index is 13.6. The molecule has 0 saturated carbocycles. The first kappa shape index (κ1) is 25.8. The molecular weight excluding hydrogens is 515 g/mol. The van der Waals surface area contributed by atoms with Gasteiger partial charge in [0.05, 0.1) is 26.7 Å². The molecule has 184 valence electrons. The van der Waals surface area contributed by atoms with Gasteiger partial charge in [-0.15, -0.1) is 0 Å². The third kappa shape index (κ3) is 5.90. The number of halogens is 2. The minimum Gasteiger partial charge on any atom is -0.344 e. The van der Waals surface area contributed by atoms with Crippen LogP contribution in [0.25, 0.3) is 0 Å². The van der Waals surface area contributed by atoms with Crippen molar-refractivity contribution < 1.29 is 13.2 Å². The van der Waals surface area contributed by atoms with E-state index in [0.29, 0.717) is 0 Å². The zero-order chi connectivity index (χ0) is 25.7.